The lowest BCUT2D eigenvalue weighted by atomic mass is 9.54. The van der Waals surface area contributed by atoms with Crippen LogP contribution in [0, 0.1) is 23.2 Å². The van der Waals surface area contributed by atoms with Gasteiger partial charge >= 0.3 is 0 Å². The Bertz CT molecular complexity index is 509. The number of hydrogen-bond acceptors (Lipinski definition) is 3. The number of hydrogen-bond donors (Lipinski definition) is 3. The molecule has 0 aromatic heterocycles. The molecule has 0 aliphatic heterocycles. The van der Waals surface area contributed by atoms with E-state index >= 15 is 0 Å². The smallest absolute Gasteiger partial charge is 0.0855 e. The average Bonchev–Trinajstić information content (AvgIpc) is 2.70. The second-order valence-electron chi connectivity index (χ2n) is 7.86. The monoisotopic (exact) mass is 290 g/mol. The highest BCUT2D eigenvalue weighted by Gasteiger charge is 2.58. The van der Waals surface area contributed by atoms with Crippen LogP contribution in [0.15, 0.2) is 23.3 Å². The number of fused-ring (bicyclic) bond motifs is 5. The third-order valence-corrected chi connectivity index (χ3v) is 6.90. The second-order valence-corrected chi connectivity index (χ2v) is 7.86. The summed E-state index contributed by atoms with van der Waals surface area (Å²) in [6, 6.07) is 0. The highest BCUT2D eigenvalue weighted by Crippen LogP contribution is 2.61. The predicted octanol–water partition coefficient (Wildman–Crippen LogP) is 2.17. The SMILES string of the molecule is C[C@]12CC[C@@H]3C4=CCC(O)C=C4CC[C@H]3[C@@H]1C[C@@H](O)[C@@H]2O. The molecule has 1 unspecified atom stereocenters. The first-order valence-electron chi connectivity index (χ1n) is 8.46. The molecule has 0 radical (unpaired) electrons. The molecule has 0 aromatic rings. The first-order valence-corrected chi connectivity index (χ1v) is 8.46. The molecule has 3 heteroatoms. The van der Waals surface area contributed by atoms with Crippen LogP contribution in [0.4, 0.5) is 0 Å². The lowest BCUT2D eigenvalue weighted by molar-refractivity contribution is -0.0552. The van der Waals surface area contributed by atoms with Gasteiger partial charge in [-0.25, -0.2) is 0 Å². The van der Waals surface area contributed by atoms with Gasteiger partial charge in [-0.1, -0.05) is 19.1 Å². The minimum Gasteiger partial charge on any atom is -0.390 e. The molecule has 3 saturated carbocycles. The molecule has 21 heavy (non-hydrogen) atoms. The van der Waals surface area contributed by atoms with E-state index in [1.54, 1.807) is 0 Å². The number of aliphatic hydroxyl groups excluding tert-OH is 3. The highest BCUT2D eigenvalue weighted by molar-refractivity contribution is 5.40. The van der Waals surface area contributed by atoms with Gasteiger partial charge < -0.3 is 15.3 Å². The third-order valence-electron chi connectivity index (χ3n) is 6.90. The minimum atomic E-state index is -0.553. The Morgan fingerprint density at radius 1 is 1.19 bits per heavy atom. The molecule has 0 saturated heterocycles. The predicted molar refractivity (Wildman–Crippen MR) is 80.5 cm³/mol. The van der Waals surface area contributed by atoms with E-state index in [9.17, 15) is 15.3 Å². The fourth-order valence-corrected chi connectivity index (χ4v) is 5.78. The van der Waals surface area contributed by atoms with Crippen molar-refractivity contribution in [3.05, 3.63) is 23.3 Å². The minimum absolute atomic E-state index is 0.101. The van der Waals surface area contributed by atoms with Gasteiger partial charge in [0.05, 0.1) is 18.3 Å². The van der Waals surface area contributed by atoms with E-state index in [-0.39, 0.29) is 11.5 Å². The second kappa shape index (κ2) is 4.68. The summed E-state index contributed by atoms with van der Waals surface area (Å²) in [5, 5.41) is 30.4. The van der Waals surface area contributed by atoms with Gasteiger partial charge in [0.25, 0.3) is 0 Å². The number of allylic oxidation sites excluding steroid dienone is 2. The largest absolute Gasteiger partial charge is 0.390 e. The van der Waals surface area contributed by atoms with Crippen molar-refractivity contribution < 1.29 is 15.3 Å². The summed E-state index contributed by atoms with van der Waals surface area (Å²) in [6.07, 6.45) is 8.71. The van der Waals surface area contributed by atoms with Gasteiger partial charge in [0.1, 0.15) is 0 Å². The summed E-state index contributed by atoms with van der Waals surface area (Å²) < 4.78 is 0. The van der Waals surface area contributed by atoms with Crippen molar-refractivity contribution in [2.75, 3.05) is 0 Å². The maximum atomic E-state index is 10.4. The fraction of sp³-hybridized carbons (Fsp3) is 0.778. The zero-order valence-electron chi connectivity index (χ0n) is 12.7. The van der Waals surface area contributed by atoms with Gasteiger partial charge in [-0.3, -0.25) is 0 Å². The van der Waals surface area contributed by atoms with Crippen LogP contribution in [0.3, 0.4) is 0 Å². The Morgan fingerprint density at radius 2 is 2.00 bits per heavy atom. The van der Waals surface area contributed by atoms with Crippen molar-refractivity contribution in [2.45, 2.75) is 63.8 Å². The van der Waals surface area contributed by atoms with E-state index in [4.69, 9.17) is 0 Å². The van der Waals surface area contributed by atoms with Crippen LogP contribution < -0.4 is 0 Å². The van der Waals surface area contributed by atoms with Gasteiger partial charge in [-0.05, 0) is 72.8 Å². The molecule has 3 nitrogen and oxygen atoms in total. The van der Waals surface area contributed by atoms with E-state index in [0.29, 0.717) is 17.8 Å². The van der Waals surface area contributed by atoms with Gasteiger partial charge in [0.15, 0.2) is 0 Å². The summed E-state index contributed by atoms with van der Waals surface area (Å²) in [5.41, 5.74) is 2.73. The van der Waals surface area contributed by atoms with Crippen LogP contribution >= 0.6 is 0 Å². The highest BCUT2D eigenvalue weighted by atomic mass is 16.3. The van der Waals surface area contributed by atoms with Crippen molar-refractivity contribution in [2.24, 2.45) is 23.2 Å². The summed E-state index contributed by atoms with van der Waals surface area (Å²) in [5.74, 6) is 1.61. The molecule has 4 aliphatic carbocycles. The van der Waals surface area contributed by atoms with Crippen molar-refractivity contribution in [3.8, 4) is 0 Å². The number of rotatable bonds is 0. The van der Waals surface area contributed by atoms with Crippen molar-refractivity contribution in [1.82, 2.24) is 0 Å². The number of aliphatic hydroxyl groups is 3. The first-order chi connectivity index (χ1) is 10.0. The molecule has 116 valence electrons. The van der Waals surface area contributed by atoms with E-state index in [1.165, 1.54) is 11.1 Å². The molecule has 0 aromatic carbocycles. The van der Waals surface area contributed by atoms with Gasteiger partial charge in [-0.2, -0.15) is 0 Å². The molecule has 3 fully saturated rings. The molecule has 7 atom stereocenters. The Hall–Kier alpha value is -0.640. The topological polar surface area (TPSA) is 60.7 Å². The van der Waals surface area contributed by atoms with Crippen molar-refractivity contribution >= 4 is 0 Å². The Kier molecular flexibility index (Phi) is 3.11. The Morgan fingerprint density at radius 3 is 2.81 bits per heavy atom. The van der Waals surface area contributed by atoms with Gasteiger partial charge in [0, 0.05) is 0 Å². The van der Waals surface area contributed by atoms with Crippen LogP contribution in [0.5, 0.6) is 0 Å². The molecule has 0 bridgehead atoms. The normalized spacial score (nSPS) is 52.4. The van der Waals surface area contributed by atoms with E-state index < -0.39 is 12.2 Å². The lowest BCUT2D eigenvalue weighted by Gasteiger charge is -2.51. The van der Waals surface area contributed by atoms with Crippen LogP contribution in [-0.4, -0.2) is 33.6 Å². The zero-order valence-corrected chi connectivity index (χ0v) is 12.7. The van der Waals surface area contributed by atoms with Gasteiger partial charge in [-0.15, -0.1) is 0 Å². The van der Waals surface area contributed by atoms with Crippen LogP contribution in [0.25, 0.3) is 0 Å². The van der Waals surface area contributed by atoms with Crippen molar-refractivity contribution in [1.29, 1.82) is 0 Å². The molecule has 0 amide bonds. The van der Waals surface area contributed by atoms with Crippen LogP contribution in [0.2, 0.25) is 0 Å². The van der Waals surface area contributed by atoms with E-state index in [1.807, 2.05) is 0 Å². The molecular weight excluding hydrogens is 264 g/mol. The summed E-state index contributed by atoms with van der Waals surface area (Å²) >= 11 is 0. The maximum Gasteiger partial charge on any atom is 0.0855 e. The summed E-state index contributed by atoms with van der Waals surface area (Å²) in [7, 11) is 0. The van der Waals surface area contributed by atoms with E-state index in [0.717, 1.165) is 38.5 Å². The molecule has 4 rings (SSSR count). The fourth-order valence-electron chi connectivity index (χ4n) is 5.78. The molecule has 3 N–H and O–H groups in total. The molecule has 0 spiro atoms. The van der Waals surface area contributed by atoms with Crippen LogP contribution in [0.1, 0.15) is 45.4 Å². The zero-order chi connectivity index (χ0) is 14.8. The first kappa shape index (κ1) is 14.0. The quantitative estimate of drug-likeness (QED) is 0.641. The maximum absolute atomic E-state index is 10.4. The molecule has 0 heterocycles. The molecule has 4 aliphatic rings. The Labute approximate surface area is 126 Å². The van der Waals surface area contributed by atoms with E-state index in [2.05, 4.69) is 19.1 Å². The molecular formula is C18H26O3. The standard InChI is InChI=1S/C18H26O3/c1-18-7-6-13-12-5-3-11(19)8-10(12)2-4-14(13)15(18)9-16(20)17(18)21/h5,8,11,13-17,19-21H,2-4,6-7,9H2,1H3/t11?,13-,14-,15+,16-,17+,18+/m1/s1. The Balaban J connectivity index is 1.65. The lowest BCUT2D eigenvalue weighted by Crippen LogP contribution is -2.46. The summed E-state index contributed by atoms with van der Waals surface area (Å²) in [6.45, 7) is 2.18. The van der Waals surface area contributed by atoms with Crippen molar-refractivity contribution in [3.63, 3.8) is 0 Å². The van der Waals surface area contributed by atoms with Crippen LogP contribution in [-0.2, 0) is 0 Å². The average molecular weight is 290 g/mol. The summed E-state index contributed by atoms with van der Waals surface area (Å²) in [4.78, 5) is 0. The third kappa shape index (κ3) is 1.90. The van der Waals surface area contributed by atoms with Gasteiger partial charge in [0.2, 0.25) is 0 Å².